The summed E-state index contributed by atoms with van der Waals surface area (Å²) in [5.74, 6) is 0.900. The van der Waals surface area contributed by atoms with E-state index in [2.05, 4.69) is 22.0 Å². The van der Waals surface area contributed by atoms with Gasteiger partial charge in [-0.25, -0.2) is 4.79 Å². The molecular weight excluding hydrogens is 346 g/mol. The molecule has 3 heterocycles. The Hall–Kier alpha value is -2.38. The predicted molar refractivity (Wildman–Crippen MR) is 101 cm³/mol. The summed E-state index contributed by atoms with van der Waals surface area (Å²) in [7, 11) is 1.69. The third-order valence-electron chi connectivity index (χ3n) is 5.29. The zero-order chi connectivity index (χ0) is 18.8. The van der Waals surface area contributed by atoms with E-state index in [1.807, 2.05) is 19.1 Å². The maximum atomic E-state index is 12.2. The molecule has 1 amide bonds. The Labute approximate surface area is 158 Å². The van der Waals surface area contributed by atoms with E-state index < -0.39 is 0 Å². The predicted octanol–water partition coefficient (Wildman–Crippen LogP) is 2.63. The molecule has 1 aromatic heterocycles. The number of aromatic nitrogens is 1. The molecule has 0 bridgehead atoms. The third kappa shape index (κ3) is 3.57. The smallest absolute Gasteiger partial charge is 0.409 e. The molecule has 2 aromatic rings. The number of ether oxygens (including phenoxy) is 3. The fourth-order valence-corrected chi connectivity index (χ4v) is 3.93. The van der Waals surface area contributed by atoms with E-state index in [0.717, 1.165) is 28.6 Å². The van der Waals surface area contributed by atoms with Crippen LogP contribution in [0, 0.1) is 0 Å². The Morgan fingerprint density at radius 3 is 3.07 bits per heavy atom. The van der Waals surface area contributed by atoms with E-state index in [0.29, 0.717) is 32.8 Å². The molecule has 0 saturated carbocycles. The van der Waals surface area contributed by atoms with Gasteiger partial charge < -0.3 is 19.1 Å². The lowest BCUT2D eigenvalue weighted by molar-refractivity contribution is -0.113. The van der Waals surface area contributed by atoms with Crippen molar-refractivity contribution in [3.8, 4) is 5.75 Å². The fraction of sp³-hybridized carbons (Fsp3) is 0.500. The van der Waals surface area contributed by atoms with E-state index in [-0.39, 0.29) is 18.4 Å². The van der Waals surface area contributed by atoms with Crippen LogP contribution < -0.4 is 4.74 Å². The summed E-state index contributed by atoms with van der Waals surface area (Å²) < 4.78 is 17.0. The highest BCUT2D eigenvalue weighted by Crippen LogP contribution is 2.31. The van der Waals surface area contributed by atoms with E-state index in [1.165, 1.54) is 0 Å². The minimum Gasteiger partial charge on any atom is -0.493 e. The molecule has 7 nitrogen and oxygen atoms in total. The molecule has 0 spiro atoms. The number of carbonyl (C=O) groups excluding carboxylic acids is 1. The monoisotopic (exact) mass is 371 g/mol. The van der Waals surface area contributed by atoms with E-state index >= 15 is 0 Å². The van der Waals surface area contributed by atoms with Crippen molar-refractivity contribution in [1.29, 1.82) is 0 Å². The Bertz CT molecular complexity index is 828. The molecule has 0 N–H and O–H groups in total. The van der Waals surface area contributed by atoms with Gasteiger partial charge in [-0.05, 0) is 31.5 Å². The van der Waals surface area contributed by atoms with Gasteiger partial charge in [0, 0.05) is 43.4 Å². The van der Waals surface area contributed by atoms with Crippen molar-refractivity contribution < 1.29 is 19.0 Å². The average Bonchev–Trinajstić information content (AvgIpc) is 2.67. The zero-order valence-corrected chi connectivity index (χ0v) is 15.8. The summed E-state index contributed by atoms with van der Waals surface area (Å²) in [6.45, 7) is 4.59. The number of carbonyl (C=O) groups is 1. The number of nitrogens with zero attached hydrogens (tertiary/aromatic N) is 3. The van der Waals surface area contributed by atoms with Crippen LogP contribution in [0.4, 0.5) is 4.79 Å². The van der Waals surface area contributed by atoms with Crippen molar-refractivity contribution in [3.63, 3.8) is 0 Å². The van der Waals surface area contributed by atoms with Crippen LogP contribution in [0.2, 0.25) is 0 Å². The van der Waals surface area contributed by atoms with Crippen molar-refractivity contribution >= 4 is 17.0 Å². The highest BCUT2D eigenvalue weighted by molar-refractivity contribution is 5.81. The minimum absolute atomic E-state index is 0.153. The highest BCUT2D eigenvalue weighted by atomic mass is 16.6. The zero-order valence-electron chi connectivity index (χ0n) is 15.8. The SMILES string of the molecule is CCOC(=O)N1CC2CCOc3cc4cccnc4cc3CN2C(OC)C1. The van der Waals surface area contributed by atoms with Crippen molar-refractivity contribution in [2.24, 2.45) is 0 Å². The van der Waals surface area contributed by atoms with Gasteiger partial charge in [0.05, 0.1) is 25.3 Å². The first-order valence-corrected chi connectivity index (χ1v) is 9.40. The molecule has 1 fully saturated rings. The maximum absolute atomic E-state index is 12.2. The number of rotatable bonds is 2. The van der Waals surface area contributed by atoms with Gasteiger partial charge in [0.2, 0.25) is 0 Å². The second kappa shape index (κ2) is 7.70. The van der Waals surface area contributed by atoms with Crippen molar-refractivity contribution in [1.82, 2.24) is 14.8 Å². The lowest BCUT2D eigenvalue weighted by Crippen LogP contribution is -2.60. The van der Waals surface area contributed by atoms with E-state index in [9.17, 15) is 4.79 Å². The average molecular weight is 371 g/mol. The number of amides is 1. The summed E-state index contributed by atoms with van der Waals surface area (Å²) in [5.41, 5.74) is 2.05. The molecule has 144 valence electrons. The van der Waals surface area contributed by atoms with Gasteiger partial charge >= 0.3 is 6.09 Å². The Morgan fingerprint density at radius 1 is 1.37 bits per heavy atom. The van der Waals surface area contributed by atoms with Crippen LogP contribution in [0.25, 0.3) is 10.9 Å². The standard InChI is InChI=1S/C20H25N3O4/c1-3-26-20(24)22-12-16-6-8-27-18-10-14-5-4-7-21-17(14)9-15(18)11-23(16)19(13-22)25-2/h4-5,7,9-10,16,19H,3,6,8,11-13H2,1-2H3. The first-order chi connectivity index (χ1) is 13.2. The van der Waals surface area contributed by atoms with Crippen LogP contribution in [0.1, 0.15) is 18.9 Å². The molecule has 0 radical (unpaired) electrons. The Balaban J connectivity index is 1.63. The third-order valence-corrected chi connectivity index (χ3v) is 5.29. The Kier molecular flexibility index (Phi) is 5.13. The van der Waals surface area contributed by atoms with E-state index in [4.69, 9.17) is 14.2 Å². The van der Waals surface area contributed by atoms with Crippen LogP contribution in [0.5, 0.6) is 5.75 Å². The van der Waals surface area contributed by atoms with Gasteiger partial charge in [0.1, 0.15) is 12.0 Å². The molecule has 0 aliphatic carbocycles. The number of fused-ring (bicyclic) bond motifs is 3. The molecule has 1 aromatic carbocycles. The molecule has 4 rings (SSSR count). The van der Waals surface area contributed by atoms with Crippen molar-refractivity contribution in [2.45, 2.75) is 32.2 Å². The quantitative estimate of drug-likeness (QED) is 0.809. The number of hydrogen-bond donors (Lipinski definition) is 0. The molecule has 27 heavy (non-hydrogen) atoms. The lowest BCUT2D eigenvalue weighted by atomic mass is 10.0. The molecule has 2 aliphatic rings. The van der Waals surface area contributed by atoms with Gasteiger partial charge in [-0.15, -0.1) is 0 Å². The second-order valence-corrected chi connectivity index (χ2v) is 6.91. The van der Waals surface area contributed by atoms with Gasteiger partial charge in [0.15, 0.2) is 0 Å². The topological polar surface area (TPSA) is 64.1 Å². The number of methoxy groups -OCH3 is 1. The summed E-state index contributed by atoms with van der Waals surface area (Å²) in [6, 6.07) is 8.29. The largest absolute Gasteiger partial charge is 0.493 e. The van der Waals surface area contributed by atoms with Gasteiger partial charge in [0.25, 0.3) is 0 Å². The summed E-state index contributed by atoms with van der Waals surface area (Å²) in [4.78, 5) is 20.8. The highest BCUT2D eigenvalue weighted by Gasteiger charge is 2.38. The molecule has 2 atom stereocenters. The van der Waals surface area contributed by atoms with Crippen molar-refractivity contribution in [3.05, 3.63) is 36.0 Å². The first kappa shape index (κ1) is 18.0. The summed E-state index contributed by atoms with van der Waals surface area (Å²) in [6.07, 6.45) is 2.16. The number of piperazine rings is 1. The van der Waals surface area contributed by atoms with Crippen LogP contribution in [-0.4, -0.2) is 66.6 Å². The fourth-order valence-electron chi connectivity index (χ4n) is 3.93. The number of hydrogen-bond acceptors (Lipinski definition) is 6. The molecule has 2 unspecified atom stereocenters. The molecular formula is C20H25N3O4. The van der Waals surface area contributed by atoms with E-state index in [1.54, 1.807) is 18.2 Å². The normalized spacial score (nSPS) is 23.0. The minimum atomic E-state index is -0.280. The van der Waals surface area contributed by atoms with Crippen LogP contribution in [-0.2, 0) is 16.0 Å². The summed E-state index contributed by atoms with van der Waals surface area (Å²) >= 11 is 0. The first-order valence-electron chi connectivity index (χ1n) is 9.40. The Morgan fingerprint density at radius 2 is 2.26 bits per heavy atom. The van der Waals surface area contributed by atoms with Gasteiger partial charge in [-0.3, -0.25) is 9.88 Å². The summed E-state index contributed by atoms with van der Waals surface area (Å²) in [5, 5.41) is 1.07. The van der Waals surface area contributed by atoms with Crippen LogP contribution in [0.3, 0.4) is 0 Å². The lowest BCUT2D eigenvalue weighted by Gasteiger charge is -2.46. The number of benzene rings is 1. The molecule has 1 saturated heterocycles. The maximum Gasteiger partial charge on any atom is 0.409 e. The van der Waals surface area contributed by atoms with Crippen molar-refractivity contribution in [2.75, 3.05) is 33.4 Å². The van der Waals surface area contributed by atoms with Crippen LogP contribution in [0.15, 0.2) is 30.5 Å². The van der Waals surface area contributed by atoms with Gasteiger partial charge in [-0.1, -0.05) is 6.07 Å². The van der Waals surface area contributed by atoms with Crippen LogP contribution >= 0.6 is 0 Å². The molecule has 2 aliphatic heterocycles. The second-order valence-electron chi connectivity index (χ2n) is 6.91. The number of pyridine rings is 1. The molecule has 7 heteroatoms. The van der Waals surface area contributed by atoms with Gasteiger partial charge in [-0.2, -0.15) is 0 Å².